The Labute approximate surface area is 427 Å². The van der Waals surface area contributed by atoms with Crippen LogP contribution in [0.15, 0.2) is 109 Å². The number of carbonyl (C=O) groups is 4. The molecule has 0 amide bonds. The number of rotatable bonds is 43. The first-order chi connectivity index (χ1) is 34.6. The van der Waals surface area contributed by atoms with Crippen molar-refractivity contribution >= 4 is 23.9 Å². The highest BCUT2D eigenvalue weighted by molar-refractivity contribution is 5.74. The smallest absolute Gasteiger partial charge is 0.335 e. The minimum atomic E-state index is -1.92. The number of carboxylic acid groups (broad SMARTS) is 1. The van der Waals surface area contributed by atoms with Crippen LogP contribution in [0.1, 0.15) is 188 Å². The number of aliphatic carboxylic acids is 1. The van der Waals surface area contributed by atoms with E-state index in [4.69, 9.17) is 23.7 Å². The molecular formula is C59H92O12. The summed E-state index contributed by atoms with van der Waals surface area (Å²) in [6, 6.07) is 0. The van der Waals surface area contributed by atoms with Crippen molar-refractivity contribution < 1.29 is 58.2 Å². The lowest BCUT2D eigenvalue weighted by Gasteiger charge is -2.40. The first-order valence-corrected chi connectivity index (χ1v) is 26.9. The fourth-order valence-corrected chi connectivity index (χ4v) is 7.29. The van der Waals surface area contributed by atoms with Crippen LogP contribution in [0.2, 0.25) is 0 Å². The van der Waals surface area contributed by atoms with Crippen molar-refractivity contribution in [2.24, 2.45) is 0 Å². The normalized spacial score (nSPS) is 19.4. The molecule has 0 saturated carbocycles. The van der Waals surface area contributed by atoms with Crippen LogP contribution in [0.3, 0.4) is 0 Å². The van der Waals surface area contributed by atoms with E-state index in [-0.39, 0.29) is 25.9 Å². The zero-order chi connectivity index (χ0) is 51.8. The second-order valence-electron chi connectivity index (χ2n) is 17.8. The van der Waals surface area contributed by atoms with Crippen LogP contribution in [0.5, 0.6) is 0 Å². The SMILES string of the molecule is CC/C=C\C/C=C\C/C=C\C/C=C\C/C=C\C/C=C\CCC(=O)OCC(COC1OC(C(=O)O)C(O)C(O)C1OC(=O)CCCCC/C=C\C/C=C\C/C=C\CC)OC(=O)CCCCCCCCCCC. The van der Waals surface area contributed by atoms with Crippen LogP contribution >= 0.6 is 0 Å². The van der Waals surface area contributed by atoms with E-state index in [0.717, 1.165) is 103 Å². The van der Waals surface area contributed by atoms with Crippen LogP contribution in [0.4, 0.5) is 0 Å². The van der Waals surface area contributed by atoms with E-state index in [9.17, 15) is 34.5 Å². The highest BCUT2D eigenvalue weighted by Gasteiger charge is 2.50. The first-order valence-electron chi connectivity index (χ1n) is 26.9. The van der Waals surface area contributed by atoms with Gasteiger partial charge in [-0.05, 0) is 89.9 Å². The van der Waals surface area contributed by atoms with Gasteiger partial charge in [0.2, 0.25) is 0 Å². The molecule has 71 heavy (non-hydrogen) atoms. The molecule has 1 saturated heterocycles. The van der Waals surface area contributed by atoms with E-state index in [1.807, 2.05) is 12.2 Å². The number of unbranched alkanes of at least 4 members (excludes halogenated alkanes) is 11. The van der Waals surface area contributed by atoms with E-state index in [1.54, 1.807) is 0 Å². The molecule has 0 aromatic rings. The fourth-order valence-electron chi connectivity index (χ4n) is 7.29. The van der Waals surface area contributed by atoms with Crippen molar-refractivity contribution in [2.75, 3.05) is 13.2 Å². The Hall–Kier alpha value is -4.62. The summed E-state index contributed by atoms with van der Waals surface area (Å²) in [5, 5.41) is 31.3. The van der Waals surface area contributed by atoms with Gasteiger partial charge in [-0.25, -0.2) is 4.79 Å². The number of hydrogen-bond acceptors (Lipinski definition) is 11. The summed E-state index contributed by atoms with van der Waals surface area (Å²) in [7, 11) is 0. The number of carboxylic acids is 1. The maximum atomic E-state index is 13.0. The van der Waals surface area contributed by atoms with Gasteiger partial charge >= 0.3 is 23.9 Å². The molecule has 1 heterocycles. The van der Waals surface area contributed by atoms with Gasteiger partial charge in [0.15, 0.2) is 24.6 Å². The largest absolute Gasteiger partial charge is 0.479 e. The number of aliphatic hydroxyl groups excluding tert-OH is 2. The Morgan fingerprint density at radius 2 is 0.915 bits per heavy atom. The van der Waals surface area contributed by atoms with Crippen LogP contribution in [-0.4, -0.2) is 89.2 Å². The minimum Gasteiger partial charge on any atom is -0.479 e. The Balaban J connectivity index is 2.75. The molecule has 0 aromatic carbocycles. The summed E-state index contributed by atoms with van der Waals surface area (Å²) < 4.78 is 28.1. The summed E-state index contributed by atoms with van der Waals surface area (Å²) >= 11 is 0. The third-order valence-electron chi connectivity index (χ3n) is 11.4. The second-order valence-corrected chi connectivity index (χ2v) is 17.8. The summed E-state index contributed by atoms with van der Waals surface area (Å²) in [6.45, 7) is 5.62. The average Bonchev–Trinajstić information content (AvgIpc) is 3.35. The van der Waals surface area contributed by atoms with Crippen LogP contribution in [0.25, 0.3) is 0 Å². The standard InChI is InChI=1S/C59H92O12/c1-4-7-10-13-16-19-21-23-24-25-26-27-28-30-31-34-36-39-42-45-51(60)67-48-50(69-52(61)46-43-40-37-33-18-15-12-9-6-3)49-68-59-57(55(64)54(63)56(71-59)58(65)66)70-53(62)47-44-41-38-35-32-29-22-20-17-14-11-8-5-2/h7-8,10-11,16-17,19-20,23-24,26-27,29-32,36,39,50,54-57,59,63-64H,4-6,9,12-15,18,21-22,25,28,33-35,37-38,40-49H2,1-3H3,(H,65,66)/b10-7-,11-8-,19-16-,20-17-,24-23-,27-26-,31-30-,32-29-,39-36-. The summed E-state index contributed by atoms with van der Waals surface area (Å²) in [5.41, 5.74) is 0. The van der Waals surface area contributed by atoms with E-state index in [0.29, 0.717) is 19.3 Å². The lowest BCUT2D eigenvalue weighted by Crippen LogP contribution is -2.61. The summed E-state index contributed by atoms with van der Waals surface area (Å²) in [5.74, 6) is -3.29. The molecule has 1 aliphatic rings. The molecule has 12 heteroatoms. The fraction of sp³-hybridized carbons (Fsp3) is 0.627. The predicted molar refractivity (Wildman–Crippen MR) is 284 cm³/mol. The molecule has 12 nitrogen and oxygen atoms in total. The molecule has 3 N–H and O–H groups in total. The topological polar surface area (TPSA) is 175 Å². The molecule has 1 fully saturated rings. The predicted octanol–water partition coefficient (Wildman–Crippen LogP) is 13.1. The highest BCUT2D eigenvalue weighted by Crippen LogP contribution is 2.26. The lowest BCUT2D eigenvalue weighted by atomic mass is 9.98. The van der Waals surface area contributed by atoms with Gasteiger partial charge in [0.1, 0.15) is 18.8 Å². The van der Waals surface area contributed by atoms with Crippen LogP contribution < -0.4 is 0 Å². The van der Waals surface area contributed by atoms with Crippen molar-refractivity contribution in [1.82, 2.24) is 0 Å². The Morgan fingerprint density at radius 3 is 1.41 bits per heavy atom. The number of ether oxygens (including phenoxy) is 5. The zero-order valence-electron chi connectivity index (χ0n) is 43.7. The van der Waals surface area contributed by atoms with E-state index in [1.165, 1.54) is 25.7 Å². The molecule has 400 valence electrons. The number of aliphatic hydroxyl groups is 2. The zero-order valence-corrected chi connectivity index (χ0v) is 43.7. The van der Waals surface area contributed by atoms with E-state index < -0.39 is 67.3 Å². The summed E-state index contributed by atoms with van der Waals surface area (Å²) in [6.07, 6.45) is 49.6. The third kappa shape index (κ3) is 36.9. The molecule has 6 unspecified atom stereocenters. The van der Waals surface area contributed by atoms with Gasteiger partial charge in [0.05, 0.1) is 6.61 Å². The van der Waals surface area contributed by atoms with Gasteiger partial charge in [0.25, 0.3) is 0 Å². The maximum Gasteiger partial charge on any atom is 0.335 e. The Bertz CT molecular complexity index is 1650. The molecule has 0 bridgehead atoms. The number of allylic oxidation sites excluding steroid dienone is 18. The van der Waals surface area contributed by atoms with E-state index in [2.05, 4.69) is 118 Å². The van der Waals surface area contributed by atoms with Gasteiger partial charge in [-0.3, -0.25) is 14.4 Å². The van der Waals surface area contributed by atoms with Crippen LogP contribution in [-0.2, 0) is 42.9 Å². The van der Waals surface area contributed by atoms with Crippen molar-refractivity contribution in [3.8, 4) is 0 Å². The van der Waals surface area contributed by atoms with Gasteiger partial charge < -0.3 is 39.0 Å². The van der Waals surface area contributed by atoms with Crippen molar-refractivity contribution in [3.63, 3.8) is 0 Å². The maximum absolute atomic E-state index is 13.0. The van der Waals surface area contributed by atoms with Crippen molar-refractivity contribution in [2.45, 2.75) is 225 Å². The highest BCUT2D eigenvalue weighted by atomic mass is 16.7. The molecule has 0 radical (unpaired) electrons. The van der Waals surface area contributed by atoms with Gasteiger partial charge in [-0.2, -0.15) is 0 Å². The number of esters is 3. The van der Waals surface area contributed by atoms with Crippen molar-refractivity contribution in [1.29, 1.82) is 0 Å². The Kier molecular flexibility index (Phi) is 42.1. The van der Waals surface area contributed by atoms with Crippen LogP contribution in [0, 0.1) is 0 Å². The van der Waals surface area contributed by atoms with Crippen molar-refractivity contribution in [3.05, 3.63) is 109 Å². The lowest BCUT2D eigenvalue weighted by molar-refractivity contribution is -0.301. The molecule has 1 rings (SSSR count). The van der Waals surface area contributed by atoms with Gasteiger partial charge in [0, 0.05) is 19.3 Å². The van der Waals surface area contributed by atoms with Gasteiger partial charge in [-0.15, -0.1) is 0 Å². The first kappa shape index (κ1) is 64.4. The number of hydrogen-bond donors (Lipinski definition) is 3. The minimum absolute atomic E-state index is 0.0136. The molecule has 6 atom stereocenters. The van der Waals surface area contributed by atoms with Gasteiger partial charge in [-0.1, -0.05) is 188 Å². The van der Waals surface area contributed by atoms with E-state index >= 15 is 0 Å². The monoisotopic (exact) mass is 993 g/mol. The summed E-state index contributed by atoms with van der Waals surface area (Å²) in [4.78, 5) is 50.8. The molecular weight excluding hydrogens is 901 g/mol. The molecule has 1 aliphatic heterocycles. The molecule has 0 spiro atoms. The number of carbonyl (C=O) groups excluding carboxylic acids is 3. The molecule has 0 aromatic heterocycles. The quantitative estimate of drug-likeness (QED) is 0.0229. The Morgan fingerprint density at radius 1 is 0.479 bits per heavy atom. The average molecular weight is 993 g/mol. The second kappa shape index (κ2) is 46.5. The third-order valence-corrected chi connectivity index (χ3v) is 11.4. The molecule has 0 aliphatic carbocycles.